The van der Waals surface area contributed by atoms with Gasteiger partial charge in [0.15, 0.2) is 0 Å². The van der Waals surface area contributed by atoms with Gasteiger partial charge in [0.2, 0.25) is 11.8 Å². The molecule has 2 amide bonds. The Hall–Kier alpha value is -1.55. The first-order chi connectivity index (χ1) is 14.7. The number of likely N-dealkylation sites (N-methyl/N-ethyl adjacent to an activating group) is 2. The van der Waals surface area contributed by atoms with Gasteiger partial charge in [-0.2, -0.15) is 0 Å². The van der Waals surface area contributed by atoms with Crippen molar-refractivity contribution in [2.24, 2.45) is 17.6 Å². The third-order valence-electron chi connectivity index (χ3n) is 5.72. The lowest BCUT2D eigenvalue weighted by molar-refractivity contribution is -0.139. The summed E-state index contributed by atoms with van der Waals surface area (Å²) in [5, 5.41) is 2.79. The summed E-state index contributed by atoms with van der Waals surface area (Å²) in [5.41, 5.74) is 5.42. The van der Waals surface area contributed by atoms with Crippen LogP contribution in [0.4, 0.5) is 0 Å². The quantitative estimate of drug-likeness (QED) is 0.248. The van der Waals surface area contributed by atoms with Gasteiger partial charge in [0, 0.05) is 33.7 Å². The average Bonchev–Trinajstić information content (AvgIpc) is 2.73. The molecule has 0 spiro atoms. The molecule has 0 aromatic heterocycles. The van der Waals surface area contributed by atoms with Crippen molar-refractivity contribution in [1.29, 1.82) is 0 Å². The second-order valence-corrected chi connectivity index (χ2v) is 8.35. The van der Waals surface area contributed by atoms with Gasteiger partial charge in [-0.3, -0.25) is 14.5 Å². The number of ether oxygens (including phenoxy) is 2. The number of aldehydes is 1. The molecule has 0 radical (unpaired) electrons. The van der Waals surface area contributed by atoms with E-state index in [1.165, 1.54) is 0 Å². The molecule has 0 aromatic carbocycles. The number of hydrogen-bond donors (Lipinski definition) is 2. The lowest BCUT2D eigenvalue weighted by Gasteiger charge is -2.37. The molecule has 4 unspecified atom stereocenters. The molecule has 0 rings (SSSR count). The number of carbonyl (C=O) groups excluding carboxylic acids is 3. The van der Waals surface area contributed by atoms with Crippen molar-refractivity contribution in [3.63, 3.8) is 0 Å². The van der Waals surface area contributed by atoms with Crippen LogP contribution >= 0.6 is 0 Å². The summed E-state index contributed by atoms with van der Waals surface area (Å²) in [6.45, 7) is 9.90. The number of carbonyl (C=O) groups is 3. The first kappa shape index (κ1) is 29.5. The Morgan fingerprint density at radius 1 is 1.16 bits per heavy atom. The molecule has 182 valence electrons. The molecule has 9 heteroatoms. The molecule has 0 aliphatic carbocycles. The van der Waals surface area contributed by atoms with Crippen LogP contribution in [0.25, 0.3) is 0 Å². The van der Waals surface area contributed by atoms with Gasteiger partial charge in [-0.1, -0.05) is 34.1 Å². The van der Waals surface area contributed by atoms with Gasteiger partial charge in [-0.15, -0.1) is 0 Å². The number of nitrogens with two attached hydrogens (primary N) is 1. The van der Waals surface area contributed by atoms with Crippen molar-refractivity contribution in [3.05, 3.63) is 0 Å². The van der Waals surface area contributed by atoms with Crippen LogP contribution in [0.1, 0.15) is 40.5 Å². The maximum absolute atomic E-state index is 12.9. The lowest BCUT2D eigenvalue weighted by Crippen LogP contribution is -2.54. The monoisotopic (exact) mass is 444 g/mol. The predicted molar refractivity (Wildman–Crippen MR) is 122 cm³/mol. The van der Waals surface area contributed by atoms with Crippen molar-refractivity contribution in [1.82, 2.24) is 15.1 Å². The number of amides is 2. The van der Waals surface area contributed by atoms with Crippen LogP contribution in [0.15, 0.2) is 0 Å². The Morgan fingerprint density at radius 3 is 2.29 bits per heavy atom. The predicted octanol–water partition coefficient (Wildman–Crippen LogP) is 0.511. The summed E-state index contributed by atoms with van der Waals surface area (Å²) in [4.78, 5) is 40.3. The highest BCUT2D eigenvalue weighted by Gasteiger charge is 2.33. The first-order valence-corrected chi connectivity index (χ1v) is 11.1. The van der Waals surface area contributed by atoms with Crippen LogP contribution in [-0.4, -0.2) is 100 Å². The smallest absolute Gasteiger partial charge is 0.242 e. The minimum absolute atomic E-state index is 0.0608. The molecule has 0 aliphatic rings. The molecular weight excluding hydrogens is 400 g/mol. The summed E-state index contributed by atoms with van der Waals surface area (Å²) in [6, 6.07) is -0.639. The van der Waals surface area contributed by atoms with Gasteiger partial charge in [0.05, 0.1) is 37.9 Å². The van der Waals surface area contributed by atoms with Crippen LogP contribution in [-0.2, 0) is 23.9 Å². The molecule has 0 saturated heterocycles. The molecule has 0 aromatic rings. The van der Waals surface area contributed by atoms with Crippen molar-refractivity contribution in [2.75, 3.05) is 54.1 Å². The molecule has 9 nitrogen and oxygen atoms in total. The lowest BCUT2D eigenvalue weighted by atomic mass is 9.91. The summed E-state index contributed by atoms with van der Waals surface area (Å²) in [7, 11) is 5.11. The minimum atomic E-state index is -0.389. The van der Waals surface area contributed by atoms with E-state index in [1.54, 1.807) is 19.1 Å². The largest absolute Gasteiger partial charge is 0.379 e. The maximum Gasteiger partial charge on any atom is 0.242 e. The Morgan fingerprint density at radius 2 is 1.81 bits per heavy atom. The SMILES string of the molecule is CCC(C)C(C(CC=O)OC)N(C)C(=O)CNC(=O)C(C(C)C)N(C)CCOCCN. The van der Waals surface area contributed by atoms with Crippen molar-refractivity contribution >= 4 is 18.1 Å². The highest BCUT2D eigenvalue weighted by Crippen LogP contribution is 2.21. The van der Waals surface area contributed by atoms with E-state index in [0.717, 1.165) is 12.7 Å². The standard InChI is InChI=1S/C22H44N4O5/c1-8-17(4)21(18(30-7)9-12-27)26(6)19(28)15-24-22(29)20(16(2)3)25(5)11-14-31-13-10-23/h12,16-18,20-21H,8-11,13-15,23H2,1-7H3,(H,24,29). The number of rotatable bonds is 17. The summed E-state index contributed by atoms with van der Waals surface area (Å²) in [5.74, 6) is -0.222. The molecular formula is C22H44N4O5. The highest BCUT2D eigenvalue weighted by atomic mass is 16.5. The van der Waals surface area contributed by atoms with Gasteiger partial charge in [-0.25, -0.2) is 0 Å². The fourth-order valence-electron chi connectivity index (χ4n) is 3.81. The van der Waals surface area contributed by atoms with E-state index in [4.69, 9.17) is 15.2 Å². The zero-order valence-electron chi connectivity index (χ0n) is 20.4. The molecule has 0 saturated carbocycles. The van der Waals surface area contributed by atoms with Crippen molar-refractivity contribution in [2.45, 2.75) is 58.7 Å². The van der Waals surface area contributed by atoms with E-state index in [-0.39, 0.29) is 54.8 Å². The Balaban J connectivity index is 5.06. The van der Waals surface area contributed by atoms with E-state index in [9.17, 15) is 14.4 Å². The van der Waals surface area contributed by atoms with Crippen molar-refractivity contribution in [3.8, 4) is 0 Å². The summed E-state index contributed by atoms with van der Waals surface area (Å²) < 4.78 is 10.9. The minimum Gasteiger partial charge on any atom is -0.379 e. The van der Waals surface area contributed by atoms with E-state index >= 15 is 0 Å². The Kier molecular flexibility index (Phi) is 15.3. The summed E-state index contributed by atoms with van der Waals surface area (Å²) in [6.07, 6.45) is 1.46. The first-order valence-electron chi connectivity index (χ1n) is 11.1. The molecule has 3 N–H and O–H groups in total. The zero-order chi connectivity index (χ0) is 24.0. The normalized spacial score (nSPS) is 15.4. The fraction of sp³-hybridized carbons (Fsp3) is 0.864. The molecule has 0 aliphatic heterocycles. The fourth-order valence-corrected chi connectivity index (χ4v) is 3.81. The van der Waals surface area contributed by atoms with E-state index in [1.807, 2.05) is 39.6 Å². The average molecular weight is 445 g/mol. The molecule has 4 atom stereocenters. The van der Waals surface area contributed by atoms with Gasteiger partial charge in [0.25, 0.3) is 0 Å². The van der Waals surface area contributed by atoms with Gasteiger partial charge < -0.3 is 30.2 Å². The molecule has 0 fully saturated rings. The van der Waals surface area contributed by atoms with Gasteiger partial charge >= 0.3 is 0 Å². The topological polar surface area (TPSA) is 114 Å². The van der Waals surface area contributed by atoms with Crippen LogP contribution < -0.4 is 11.1 Å². The third kappa shape index (κ3) is 10.1. The van der Waals surface area contributed by atoms with Crippen LogP contribution in [0.2, 0.25) is 0 Å². The molecule has 0 bridgehead atoms. The zero-order valence-corrected chi connectivity index (χ0v) is 20.4. The summed E-state index contributed by atoms with van der Waals surface area (Å²) >= 11 is 0. The van der Waals surface area contributed by atoms with Gasteiger partial charge in [0.1, 0.15) is 6.29 Å². The van der Waals surface area contributed by atoms with E-state index in [2.05, 4.69) is 5.32 Å². The molecule has 0 heterocycles. The van der Waals surface area contributed by atoms with Gasteiger partial charge in [-0.05, 0) is 18.9 Å². The van der Waals surface area contributed by atoms with E-state index in [0.29, 0.717) is 26.3 Å². The van der Waals surface area contributed by atoms with E-state index < -0.39 is 0 Å². The highest BCUT2D eigenvalue weighted by molar-refractivity contribution is 5.87. The Bertz CT molecular complexity index is 532. The third-order valence-corrected chi connectivity index (χ3v) is 5.72. The number of nitrogens with zero attached hydrogens (tertiary/aromatic N) is 2. The second kappa shape index (κ2) is 16.1. The molecule has 31 heavy (non-hydrogen) atoms. The number of hydrogen-bond acceptors (Lipinski definition) is 7. The van der Waals surface area contributed by atoms with Crippen LogP contribution in [0.3, 0.4) is 0 Å². The van der Waals surface area contributed by atoms with Crippen molar-refractivity contribution < 1.29 is 23.9 Å². The van der Waals surface area contributed by atoms with Crippen LogP contribution in [0.5, 0.6) is 0 Å². The number of nitrogens with one attached hydrogen (secondary N) is 1. The Labute approximate surface area is 188 Å². The van der Waals surface area contributed by atoms with Crippen LogP contribution in [0, 0.1) is 11.8 Å². The number of methoxy groups -OCH3 is 1. The second-order valence-electron chi connectivity index (χ2n) is 8.35. The maximum atomic E-state index is 12.9.